The van der Waals surface area contributed by atoms with Gasteiger partial charge < -0.3 is 10.3 Å². The van der Waals surface area contributed by atoms with Crippen LogP contribution in [0.5, 0.6) is 0 Å². The van der Waals surface area contributed by atoms with Gasteiger partial charge in [0.05, 0.1) is 0 Å². The number of anilines is 1. The second kappa shape index (κ2) is 2.27. The fraction of sp³-hybridized carbons (Fsp3) is 0.200. The number of rotatable bonds is 0. The standard InChI is InChI=1S/C10H12N2/c1-7-8-5-6-12(2)10(8)4-3-9(7)11/h3-6H,11H2,1-2H3. The summed E-state index contributed by atoms with van der Waals surface area (Å²) in [5.41, 5.74) is 9.07. The van der Waals surface area contributed by atoms with Gasteiger partial charge in [0.2, 0.25) is 0 Å². The number of aryl methyl sites for hydroxylation is 2. The van der Waals surface area contributed by atoms with Crippen molar-refractivity contribution in [2.24, 2.45) is 7.05 Å². The quantitative estimate of drug-likeness (QED) is 0.587. The summed E-state index contributed by atoms with van der Waals surface area (Å²) in [6.07, 6.45) is 2.05. The lowest BCUT2D eigenvalue weighted by atomic mass is 10.1. The number of nitrogens with zero attached hydrogens (tertiary/aromatic N) is 1. The van der Waals surface area contributed by atoms with Crippen LogP contribution >= 0.6 is 0 Å². The first-order chi connectivity index (χ1) is 5.70. The summed E-state index contributed by atoms with van der Waals surface area (Å²) < 4.78 is 2.10. The topological polar surface area (TPSA) is 30.9 Å². The van der Waals surface area contributed by atoms with E-state index < -0.39 is 0 Å². The molecule has 1 aromatic heterocycles. The highest BCUT2D eigenvalue weighted by Crippen LogP contribution is 2.23. The Kier molecular flexibility index (Phi) is 1.37. The maximum atomic E-state index is 5.79. The fourth-order valence-corrected chi connectivity index (χ4v) is 1.52. The molecular weight excluding hydrogens is 148 g/mol. The second-order valence-electron chi connectivity index (χ2n) is 3.14. The third-order valence-electron chi connectivity index (χ3n) is 2.38. The lowest BCUT2D eigenvalue weighted by Crippen LogP contribution is -1.90. The predicted octanol–water partition coefficient (Wildman–Crippen LogP) is 2.07. The van der Waals surface area contributed by atoms with Gasteiger partial charge in [-0.3, -0.25) is 0 Å². The molecule has 2 N–H and O–H groups in total. The van der Waals surface area contributed by atoms with E-state index in [4.69, 9.17) is 5.73 Å². The van der Waals surface area contributed by atoms with Crippen molar-refractivity contribution in [1.82, 2.24) is 4.57 Å². The molecule has 2 rings (SSSR count). The number of benzene rings is 1. The lowest BCUT2D eigenvalue weighted by Gasteiger charge is -2.02. The van der Waals surface area contributed by atoms with Crippen LogP contribution in [-0.4, -0.2) is 4.57 Å². The van der Waals surface area contributed by atoms with Gasteiger partial charge in [-0.15, -0.1) is 0 Å². The number of nitrogens with two attached hydrogens (primary N) is 1. The highest BCUT2D eigenvalue weighted by Gasteiger charge is 2.02. The van der Waals surface area contributed by atoms with Gasteiger partial charge in [0, 0.05) is 29.8 Å². The molecule has 0 saturated heterocycles. The van der Waals surface area contributed by atoms with Gasteiger partial charge in [0.25, 0.3) is 0 Å². The molecule has 62 valence electrons. The number of fused-ring (bicyclic) bond motifs is 1. The van der Waals surface area contributed by atoms with Crippen LogP contribution in [0.4, 0.5) is 5.69 Å². The minimum absolute atomic E-state index is 0.869. The third kappa shape index (κ3) is 0.811. The zero-order valence-electron chi connectivity index (χ0n) is 7.33. The summed E-state index contributed by atoms with van der Waals surface area (Å²) in [7, 11) is 2.04. The SMILES string of the molecule is Cc1c(N)ccc2c1ccn2C. The largest absolute Gasteiger partial charge is 0.398 e. The van der Waals surface area contributed by atoms with Gasteiger partial charge in [-0.2, -0.15) is 0 Å². The number of hydrogen-bond acceptors (Lipinski definition) is 1. The molecule has 1 aromatic carbocycles. The van der Waals surface area contributed by atoms with Gasteiger partial charge in [-0.1, -0.05) is 0 Å². The van der Waals surface area contributed by atoms with E-state index in [-0.39, 0.29) is 0 Å². The minimum Gasteiger partial charge on any atom is -0.398 e. The Morgan fingerprint density at radius 1 is 1.25 bits per heavy atom. The molecule has 0 unspecified atom stereocenters. The second-order valence-corrected chi connectivity index (χ2v) is 3.14. The molecule has 0 saturated carbocycles. The molecule has 2 nitrogen and oxygen atoms in total. The molecule has 2 heteroatoms. The normalized spacial score (nSPS) is 10.8. The number of aromatic nitrogens is 1. The summed E-state index contributed by atoms with van der Waals surface area (Å²) in [6, 6.07) is 6.11. The third-order valence-corrected chi connectivity index (χ3v) is 2.38. The smallest absolute Gasteiger partial charge is 0.0481 e. The Morgan fingerprint density at radius 3 is 2.75 bits per heavy atom. The molecule has 2 aromatic rings. The molecule has 0 aliphatic carbocycles. The molecule has 12 heavy (non-hydrogen) atoms. The van der Waals surface area contributed by atoms with Gasteiger partial charge in [0.1, 0.15) is 0 Å². The van der Waals surface area contributed by atoms with Crippen LogP contribution in [0, 0.1) is 6.92 Å². The van der Waals surface area contributed by atoms with Crippen molar-refractivity contribution in [2.75, 3.05) is 5.73 Å². The first-order valence-electron chi connectivity index (χ1n) is 4.00. The van der Waals surface area contributed by atoms with Crippen LogP contribution < -0.4 is 5.73 Å². The van der Waals surface area contributed by atoms with Crippen molar-refractivity contribution in [3.8, 4) is 0 Å². The minimum atomic E-state index is 0.869. The van der Waals surface area contributed by atoms with Crippen LogP contribution in [0.15, 0.2) is 24.4 Å². The summed E-state index contributed by atoms with van der Waals surface area (Å²) in [5, 5.41) is 1.25. The monoisotopic (exact) mass is 160 g/mol. The molecule has 0 fully saturated rings. The molecule has 1 heterocycles. The summed E-state index contributed by atoms with van der Waals surface area (Å²) in [6.45, 7) is 2.05. The van der Waals surface area contributed by atoms with Gasteiger partial charge in [-0.25, -0.2) is 0 Å². The summed E-state index contributed by atoms with van der Waals surface area (Å²) in [4.78, 5) is 0. The molecular formula is C10H12N2. The van der Waals surface area contributed by atoms with E-state index in [0.29, 0.717) is 0 Å². The van der Waals surface area contributed by atoms with Crippen molar-refractivity contribution in [3.05, 3.63) is 30.0 Å². The maximum absolute atomic E-state index is 5.79. The average molecular weight is 160 g/mol. The predicted molar refractivity (Wildman–Crippen MR) is 52.1 cm³/mol. The Balaban J connectivity index is 2.93. The van der Waals surface area contributed by atoms with Crippen molar-refractivity contribution in [1.29, 1.82) is 0 Å². The van der Waals surface area contributed by atoms with E-state index in [1.807, 2.05) is 13.1 Å². The van der Waals surface area contributed by atoms with Crippen LogP contribution in [-0.2, 0) is 7.05 Å². The summed E-state index contributed by atoms with van der Waals surface area (Å²) in [5.74, 6) is 0. The van der Waals surface area contributed by atoms with E-state index in [2.05, 4.69) is 29.8 Å². The first kappa shape index (κ1) is 7.22. The van der Waals surface area contributed by atoms with Crippen molar-refractivity contribution in [2.45, 2.75) is 6.92 Å². The molecule has 0 aliphatic rings. The molecule has 0 spiro atoms. The molecule has 0 aliphatic heterocycles. The van der Waals surface area contributed by atoms with Gasteiger partial charge >= 0.3 is 0 Å². The van der Waals surface area contributed by atoms with Crippen LogP contribution in [0.1, 0.15) is 5.56 Å². The maximum Gasteiger partial charge on any atom is 0.0481 e. The zero-order valence-corrected chi connectivity index (χ0v) is 7.33. The molecule has 0 atom stereocenters. The van der Waals surface area contributed by atoms with Crippen molar-refractivity contribution >= 4 is 16.6 Å². The van der Waals surface area contributed by atoms with E-state index in [1.165, 1.54) is 16.5 Å². The van der Waals surface area contributed by atoms with E-state index in [0.717, 1.165) is 5.69 Å². The molecule has 0 radical (unpaired) electrons. The number of nitrogen functional groups attached to an aromatic ring is 1. The zero-order chi connectivity index (χ0) is 8.72. The molecule has 0 bridgehead atoms. The Labute approximate surface area is 71.6 Å². The lowest BCUT2D eigenvalue weighted by molar-refractivity contribution is 0.969. The first-order valence-corrected chi connectivity index (χ1v) is 4.00. The van der Waals surface area contributed by atoms with E-state index >= 15 is 0 Å². The van der Waals surface area contributed by atoms with E-state index in [9.17, 15) is 0 Å². The Hall–Kier alpha value is -1.44. The fourth-order valence-electron chi connectivity index (χ4n) is 1.52. The van der Waals surface area contributed by atoms with Crippen molar-refractivity contribution in [3.63, 3.8) is 0 Å². The highest BCUT2D eigenvalue weighted by atomic mass is 14.9. The van der Waals surface area contributed by atoms with Crippen LogP contribution in [0.25, 0.3) is 10.9 Å². The van der Waals surface area contributed by atoms with Gasteiger partial charge in [0.15, 0.2) is 0 Å². The summed E-state index contributed by atoms with van der Waals surface area (Å²) >= 11 is 0. The Morgan fingerprint density at radius 2 is 2.00 bits per heavy atom. The van der Waals surface area contributed by atoms with E-state index in [1.54, 1.807) is 0 Å². The van der Waals surface area contributed by atoms with Crippen molar-refractivity contribution < 1.29 is 0 Å². The van der Waals surface area contributed by atoms with Crippen LogP contribution in [0.2, 0.25) is 0 Å². The average Bonchev–Trinajstić information content (AvgIpc) is 2.41. The van der Waals surface area contributed by atoms with Gasteiger partial charge in [-0.05, 0) is 30.7 Å². The Bertz CT molecular complexity index is 427. The van der Waals surface area contributed by atoms with Crippen LogP contribution in [0.3, 0.4) is 0 Å². The number of hydrogen-bond donors (Lipinski definition) is 1. The highest BCUT2D eigenvalue weighted by molar-refractivity contribution is 5.87. The molecule has 0 amide bonds.